The van der Waals surface area contributed by atoms with Crippen molar-refractivity contribution in [1.82, 2.24) is 4.90 Å². The van der Waals surface area contributed by atoms with Crippen LogP contribution in [0.25, 0.3) is 0 Å². The molecule has 0 bridgehead atoms. The quantitative estimate of drug-likeness (QED) is 0.837. The molecule has 1 atom stereocenters. The number of hydrogen-bond acceptors (Lipinski definition) is 4. The van der Waals surface area contributed by atoms with Crippen molar-refractivity contribution >= 4 is 6.09 Å². The Labute approximate surface area is 135 Å². The molecule has 1 aromatic carbocycles. The molecule has 0 saturated carbocycles. The predicted molar refractivity (Wildman–Crippen MR) is 82.6 cm³/mol. The van der Waals surface area contributed by atoms with Crippen LogP contribution in [-0.2, 0) is 4.74 Å². The Balaban J connectivity index is 1.98. The normalized spacial score (nSPS) is 18.2. The van der Waals surface area contributed by atoms with Crippen LogP contribution >= 0.6 is 0 Å². The van der Waals surface area contributed by atoms with Gasteiger partial charge in [-0.15, -0.1) is 0 Å². The Kier molecular flexibility index (Phi) is 5.09. The molecule has 1 aromatic rings. The Bertz CT molecular complexity index is 619. The van der Waals surface area contributed by atoms with Gasteiger partial charge in [0.1, 0.15) is 29.3 Å². The number of carbonyl (C=O) groups is 1. The van der Waals surface area contributed by atoms with Gasteiger partial charge in [-0.2, -0.15) is 5.26 Å². The van der Waals surface area contributed by atoms with Crippen LogP contribution in [0.2, 0.25) is 0 Å². The van der Waals surface area contributed by atoms with E-state index in [1.54, 1.807) is 17.0 Å². The average molecular weight is 320 g/mol. The number of halogens is 1. The molecule has 1 aliphatic heterocycles. The summed E-state index contributed by atoms with van der Waals surface area (Å²) < 4.78 is 24.7. The molecule has 124 valence electrons. The molecule has 0 N–H and O–H groups in total. The summed E-state index contributed by atoms with van der Waals surface area (Å²) in [6.45, 7) is 6.49. The number of ether oxygens (including phenoxy) is 2. The number of hydrogen-bond donors (Lipinski definition) is 0. The number of likely N-dealkylation sites (tertiary alicyclic amines) is 1. The van der Waals surface area contributed by atoms with Crippen molar-refractivity contribution in [2.24, 2.45) is 0 Å². The van der Waals surface area contributed by atoms with E-state index in [2.05, 4.69) is 0 Å². The maximum absolute atomic E-state index is 13.6. The molecule has 2 rings (SSSR count). The second-order valence-electron chi connectivity index (χ2n) is 6.56. The van der Waals surface area contributed by atoms with Gasteiger partial charge in [0, 0.05) is 12.6 Å². The molecule has 1 unspecified atom stereocenters. The second-order valence-corrected chi connectivity index (χ2v) is 6.56. The van der Waals surface area contributed by atoms with Crippen molar-refractivity contribution in [3.05, 3.63) is 29.6 Å². The van der Waals surface area contributed by atoms with Gasteiger partial charge >= 0.3 is 6.09 Å². The fraction of sp³-hybridized carbons (Fsp3) is 0.529. The topological polar surface area (TPSA) is 62.6 Å². The zero-order valence-electron chi connectivity index (χ0n) is 13.6. The molecular weight excluding hydrogens is 299 g/mol. The third-order valence-electron chi connectivity index (χ3n) is 3.39. The first-order chi connectivity index (χ1) is 10.8. The summed E-state index contributed by atoms with van der Waals surface area (Å²) in [5.74, 6) is -0.248. The number of nitriles is 1. The molecule has 1 saturated heterocycles. The summed E-state index contributed by atoms with van der Waals surface area (Å²) in [6.07, 6.45) is 0.990. The highest BCUT2D eigenvalue weighted by molar-refractivity contribution is 5.68. The minimum atomic E-state index is -0.607. The zero-order valence-corrected chi connectivity index (χ0v) is 13.6. The molecule has 1 aliphatic rings. The van der Waals surface area contributed by atoms with Crippen LogP contribution in [0.5, 0.6) is 5.75 Å². The third-order valence-corrected chi connectivity index (χ3v) is 3.39. The maximum atomic E-state index is 13.6. The van der Waals surface area contributed by atoms with Crippen LogP contribution < -0.4 is 4.74 Å². The first kappa shape index (κ1) is 17.1. The van der Waals surface area contributed by atoms with E-state index in [1.807, 2.05) is 20.8 Å². The smallest absolute Gasteiger partial charge is 0.410 e. The van der Waals surface area contributed by atoms with E-state index in [4.69, 9.17) is 14.7 Å². The highest BCUT2D eigenvalue weighted by Gasteiger charge is 2.28. The van der Waals surface area contributed by atoms with Crippen LogP contribution in [0.15, 0.2) is 18.2 Å². The van der Waals surface area contributed by atoms with Gasteiger partial charge in [0.25, 0.3) is 0 Å². The number of amides is 1. The predicted octanol–water partition coefficient (Wildman–Crippen LogP) is 3.48. The van der Waals surface area contributed by atoms with Crippen LogP contribution in [-0.4, -0.2) is 35.8 Å². The Morgan fingerprint density at radius 1 is 1.43 bits per heavy atom. The van der Waals surface area contributed by atoms with Gasteiger partial charge in [0.2, 0.25) is 0 Å². The highest BCUT2D eigenvalue weighted by atomic mass is 19.1. The van der Waals surface area contributed by atoms with Crippen molar-refractivity contribution in [3.8, 4) is 11.8 Å². The van der Waals surface area contributed by atoms with Gasteiger partial charge in [-0.1, -0.05) is 0 Å². The Morgan fingerprint density at radius 3 is 2.78 bits per heavy atom. The molecule has 5 nitrogen and oxygen atoms in total. The van der Waals surface area contributed by atoms with Crippen molar-refractivity contribution in [2.75, 3.05) is 13.1 Å². The molecule has 6 heteroatoms. The molecule has 0 spiro atoms. The molecule has 1 amide bonds. The van der Waals surface area contributed by atoms with Gasteiger partial charge in [-0.05, 0) is 45.7 Å². The molecule has 0 radical (unpaired) electrons. The van der Waals surface area contributed by atoms with E-state index < -0.39 is 11.4 Å². The summed E-state index contributed by atoms with van der Waals surface area (Å²) in [5.41, 5.74) is -0.558. The minimum absolute atomic E-state index is 0.0172. The summed E-state index contributed by atoms with van der Waals surface area (Å²) in [7, 11) is 0. The summed E-state index contributed by atoms with van der Waals surface area (Å²) in [5, 5.41) is 8.73. The summed E-state index contributed by atoms with van der Waals surface area (Å²) in [4.78, 5) is 13.7. The lowest BCUT2D eigenvalue weighted by Gasteiger charge is -2.34. The van der Waals surface area contributed by atoms with Gasteiger partial charge in [0.15, 0.2) is 0 Å². The first-order valence-electron chi connectivity index (χ1n) is 7.63. The molecular formula is C17H21FN2O3. The lowest BCUT2D eigenvalue weighted by molar-refractivity contribution is 0.00772. The third kappa shape index (κ3) is 4.85. The summed E-state index contributed by atoms with van der Waals surface area (Å²) in [6, 6.07) is 5.92. The van der Waals surface area contributed by atoms with Crippen LogP contribution in [0, 0.1) is 17.1 Å². The fourth-order valence-electron chi connectivity index (χ4n) is 2.38. The van der Waals surface area contributed by atoms with Gasteiger partial charge in [-0.25, -0.2) is 9.18 Å². The molecule has 23 heavy (non-hydrogen) atoms. The second kappa shape index (κ2) is 6.86. The van der Waals surface area contributed by atoms with Gasteiger partial charge in [-0.3, -0.25) is 0 Å². The van der Waals surface area contributed by atoms with Gasteiger partial charge in [0.05, 0.1) is 12.1 Å². The molecule has 0 aliphatic carbocycles. The van der Waals surface area contributed by atoms with Gasteiger partial charge < -0.3 is 14.4 Å². The van der Waals surface area contributed by atoms with E-state index in [0.717, 1.165) is 12.8 Å². The van der Waals surface area contributed by atoms with E-state index in [1.165, 1.54) is 12.1 Å². The number of carbonyl (C=O) groups excluding carboxylic acids is 1. The van der Waals surface area contributed by atoms with Crippen molar-refractivity contribution in [3.63, 3.8) is 0 Å². The van der Waals surface area contributed by atoms with E-state index in [9.17, 15) is 9.18 Å². The highest BCUT2D eigenvalue weighted by Crippen LogP contribution is 2.22. The van der Waals surface area contributed by atoms with Crippen LogP contribution in [0.3, 0.4) is 0 Å². The van der Waals surface area contributed by atoms with Crippen molar-refractivity contribution in [2.45, 2.75) is 45.3 Å². The Hall–Kier alpha value is -2.29. The van der Waals surface area contributed by atoms with Crippen LogP contribution in [0.1, 0.15) is 39.2 Å². The molecule has 1 fully saturated rings. The molecule has 1 heterocycles. The van der Waals surface area contributed by atoms with E-state index in [-0.39, 0.29) is 17.8 Å². The number of piperidine rings is 1. The monoisotopic (exact) mass is 320 g/mol. The molecule has 0 aromatic heterocycles. The zero-order chi connectivity index (χ0) is 17.0. The number of nitrogens with zero attached hydrogens (tertiary/aromatic N) is 2. The van der Waals surface area contributed by atoms with E-state index in [0.29, 0.717) is 18.8 Å². The summed E-state index contributed by atoms with van der Waals surface area (Å²) >= 11 is 0. The largest absolute Gasteiger partial charge is 0.488 e. The minimum Gasteiger partial charge on any atom is -0.488 e. The lowest BCUT2D eigenvalue weighted by atomic mass is 10.1. The number of benzene rings is 1. The Morgan fingerprint density at radius 2 is 2.17 bits per heavy atom. The van der Waals surface area contributed by atoms with Crippen LogP contribution in [0.4, 0.5) is 9.18 Å². The number of rotatable bonds is 2. The van der Waals surface area contributed by atoms with Crippen molar-refractivity contribution < 1.29 is 18.7 Å². The SMILES string of the molecule is CC(C)(C)OC(=O)N1CCCC(Oc2ccc(C#N)c(F)c2)C1. The first-order valence-corrected chi connectivity index (χ1v) is 7.63. The maximum Gasteiger partial charge on any atom is 0.410 e. The van der Waals surface area contributed by atoms with Crippen molar-refractivity contribution in [1.29, 1.82) is 5.26 Å². The standard InChI is InChI=1S/C17H21FN2O3/c1-17(2,3)23-16(21)20-8-4-5-14(11-20)22-13-7-6-12(10-19)15(18)9-13/h6-7,9,14H,4-5,8,11H2,1-3H3. The lowest BCUT2D eigenvalue weighted by Crippen LogP contribution is -2.46. The van der Waals surface area contributed by atoms with E-state index >= 15 is 0 Å². The average Bonchev–Trinajstić information content (AvgIpc) is 2.46. The fourth-order valence-corrected chi connectivity index (χ4v) is 2.38.